The van der Waals surface area contributed by atoms with E-state index in [1.165, 1.54) is 9.12 Å². The van der Waals surface area contributed by atoms with Gasteiger partial charge in [0.1, 0.15) is 0 Å². The number of nitrogens with two attached hydrogens (primary N) is 1. The van der Waals surface area contributed by atoms with Gasteiger partial charge in [0, 0.05) is 47.1 Å². The lowest BCUT2D eigenvalue weighted by molar-refractivity contribution is 1.58. The molecule has 2 rings (SSSR count). The number of benzene rings is 2. The Kier molecular flexibility index (Phi) is 5.14. The first-order valence-electron chi connectivity index (χ1n) is 6.01. The highest BCUT2D eigenvalue weighted by Crippen LogP contribution is 2.35. The van der Waals surface area contributed by atoms with E-state index in [0.717, 1.165) is 28.0 Å². The van der Waals surface area contributed by atoms with Gasteiger partial charge in [0.2, 0.25) is 0 Å². The summed E-state index contributed by atoms with van der Waals surface area (Å²) < 4.78 is 3.25. The highest BCUT2D eigenvalue weighted by atomic mass is 127. The molecule has 0 aliphatic carbocycles. The predicted octanol–water partition coefficient (Wildman–Crippen LogP) is 5.41. The van der Waals surface area contributed by atoms with Crippen LogP contribution in [0, 0.1) is 0 Å². The molecule has 102 valence electrons. The molecule has 0 aliphatic heterocycles. The zero-order chi connectivity index (χ0) is 14.5. The molecule has 0 spiro atoms. The van der Waals surface area contributed by atoms with Crippen molar-refractivity contribution in [3.63, 3.8) is 0 Å². The Morgan fingerprint density at radius 1 is 0.950 bits per heavy atom. The summed E-state index contributed by atoms with van der Waals surface area (Å²) >= 11 is 2.20. The summed E-state index contributed by atoms with van der Waals surface area (Å²) in [6.07, 6.45) is 0. The molecule has 2 aromatic carbocycles. The van der Waals surface area contributed by atoms with Crippen molar-refractivity contribution in [3.8, 4) is 0 Å². The van der Waals surface area contributed by atoms with Gasteiger partial charge in [-0.05, 0) is 23.3 Å². The minimum absolute atomic E-state index is 0.715. The zero-order valence-corrected chi connectivity index (χ0v) is 13.9. The summed E-state index contributed by atoms with van der Waals surface area (Å²) in [5, 5.41) is 0. The molecule has 4 heteroatoms. The first-order chi connectivity index (χ1) is 9.65. The number of allylic oxidation sites excluding steroid dienone is 2. The highest BCUT2D eigenvalue weighted by molar-refractivity contribution is 14.2. The van der Waals surface area contributed by atoms with Crippen molar-refractivity contribution in [1.29, 1.82) is 0 Å². The maximum Gasteiger partial charge on any atom is 0.0525 e. The average molecular weight is 394 g/mol. The Balaban J connectivity index is 2.37. The van der Waals surface area contributed by atoms with E-state index in [-0.39, 0.29) is 0 Å². The van der Waals surface area contributed by atoms with Crippen LogP contribution in [-0.2, 0) is 0 Å². The first kappa shape index (κ1) is 15.0. The second kappa shape index (κ2) is 6.85. The monoisotopic (exact) mass is 394 g/mol. The van der Waals surface area contributed by atoms with E-state index in [2.05, 4.69) is 39.1 Å². The second-order valence-corrected chi connectivity index (χ2v) is 5.95. The van der Waals surface area contributed by atoms with Crippen molar-refractivity contribution in [2.75, 3.05) is 10.5 Å². The molecule has 2 nitrogen and oxygen atoms in total. The third-order valence-electron chi connectivity index (χ3n) is 3.05. The number of rotatable bonds is 5. The van der Waals surface area contributed by atoms with Crippen LogP contribution in [0.3, 0.4) is 0 Å². The van der Waals surface area contributed by atoms with Crippen LogP contribution in [-0.4, -0.2) is 0 Å². The van der Waals surface area contributed by atoms with Gasteiger partial charge in [0.05, 0.1) is 5.69 Å². The topological polar surface area (TPSA) is 38.0 Å². The third-order valence-corrected chi connectivity index (χ3v) is 4.01. The molecular weight excluding hydrogens is 379 g/mol. The summed E-state index contributed by atoms with van der Waals surface area (Å²) in [5.41, 5.74) is 11.4. The van der Waals surface area contributed by atoms with Gasteiger partial charge >= 0.3 is 0 Å². The van der Waals surface area contributed by atoms with E-state index in [0.29, 0.717) is 5.69 Å². The number of hydrogen-bond acceptors (Lipinski definition) is 3. The number of halogens is 1. The number of anilines is 2. The molecule has 0 aliphatic rings. The van der Waals surface area contributed by atoms with E-state index in [4.69, 9.17) is 5.73 Å². The molecule has 0 aromatic heterocycles. The first-order valence-corrected chi connectivity index (χ1v) is 9.37. The Morgan fingerprint density at radius 2 is 1.50 bits per heavy atom. The Hall–Kier alpha value is -1.40. The number of nitrogens with one attached hydrogen (secondary N) is 1. The van der Waals surface area contributed by atoms with Crippen LogP contribution in [0.4, 0.5) is 11.4 Å². The van der Waals surface area contributed by atoms with Gasteiger partial charge in [-0.15, -0.1) is 0 Å². The average Bonchev–Trinajstić information content (AvgIpc) is 2.47. The number of hydrogen-bond donors (Lipinski definition) is 2. The SMILES string of the molecule is C=C(C(=C)c1ccccc1NSI)c1ccccc1N. The summed E-state index contributed by atoms with van der Waals surface area (Å²) in [7, 11) is 1.52. The molecule has 0 heterocycles. The van der Waals surface area contributed by atoms with Crippen molar-refractivity contribution in [1.82, 2.24) is 0 Å². The smallest absolute Gasteiger partial charge is 0.0525 e. The van der Waals surface area contributed by atoms with Crippen LogP contribution in [0.15, 0.2) is 61.7 Å². The van der Waals surface area contributed by atoms with Gasteiger partial charge < -0.3 is 10.5 Å². The van der Waals surface area contributed by atoms with E-state index in [1.54, 1.807) is 0 Å². The molecular formula is C16H15IN2S. The Bertz CT molecular complexity index is 652. The minimum Gasteiger partial charge on any atom is -0.398 e. The Labute approximate surface area is 135 Å². The van der Waals surface area contributed by atoms with Crippen LogP contribution in [0.5, 0.6) is 0 Å². The van der Waals surface area contributed by atoms with Crippen molar-refractivity contribution in [2.45, 2.75) is 0 Å². The molecule has 0 fully saturated rings. The van der Waals surface area contributed by atoms with Gasteiger partial charge in [0.25, 0.3) is 0 Å². The van der Waals surface area contributed by atoms with Gasteiger partial charge in [-0.1, -0.05) is 49.6 Å². The second-order valence-electron chi connectivity index (χ2n) is 4.27. The van der Waals surface area contributed by atoms with Crippen LogP contribution in [0.25, 0.3) is 11.1 Å². The maximum absolute atomic E-state index is 6.01. The largest absolute Gasteiger partial charge is 0.398 e. The van der Waals surface area contributed by atoms with Crippen molar-refractivity contribution in [3.05, 3.63) is 72.8 Å². The van der Waals surface area contributed by atoms with Gasteiger partial charge in [-0.2, -0.15) is 0 Å². The molecule has 0 unspecified atom stereocenters. The molecule has 20 heavy (non-hydrogen) atoms. The summed E-state index contributed by atoms with van der Waals surface area (Å²) in [5.74, 6) is 0. The van der Waals surface area contributed by atoms with Crippen LogP contribution in [0.1, 0.15) is 11.1 Å². The Morgan fingerprint density at radius 3 is 2.15 bits per heavy atom. The lowest BCUT2D eigenvalue weighted by Crippen LogP contribution is -1.96. The highest BCUT2D eigenvalue weighted by Gasteiger charge is 2.11. The van der Waals surface area contributed by atoms with Crippen molar-refractivity contribution < 1.29 is 0 Å². The fourth-order valence-electron chi connectivity index (χ4n) is 1.97. The summed E-state index contributed by atoms with van der Waals surface area (Å²) in [6, 6.07) is 15.7. The zero-order valence-electron chi connectivity index (χ0n) is 10.9. The van der Waals surface area contributed by atoms with Crippen LogP contribution < -0.4 is 10.5 Å². The fraction of sp³-hybridized carbons (Fsp3) is 0. The van der Waals surface area contributed by atoms with Gasteiger partial charge in [0.15, 0.2) is 0 Å². The van der Waals surface area contributed by atoms with E-state index < -0.39 is 0 Å². The normalized spacial score (nSPS) is 10.1. The fourth-order valence-corrected chi connectivity index (χ4v) is 2.95. The molecule has 0 saturated carbocycles. The standard InChI is InChI=1S/C16H15IN2S/c1-11(13-7-3-5-9-15(13)18)12(2)14-8-4-6-10-16(14)19-20-17/h3-10,19H,1-2,18H2. The molecule has 0 bridgehead atoms. The number of nitrogen functional groups attached to an aromatic ring is 1. The molecule has 2 aromatic rings. The van der Waals surface area contributed by atoms with E-state index in [1.807, 2.05) is 48.5 Å². The molecule has 3 N–H and O–H groups in total. The third kappa shape index (κ3) is 3.19. The van der Waals surface area contributed by atoms with Crippen LogP contribution in [0.2, 0.25) is 0 Å². The molecule has 0 radical (unpaired) electrons. The summed E-state index contributed by atoms with van der Waals surface area (Å²) in [4.78, 5) is 0. The van der Waals surface area contributed by atoms with Gasteiger partial charge in [-0.3, -0.25) is 0 Å². The maximum atomic E-state index is 6.01. The number of para-hydroxylation sites is 2. The summed E-state index contributed by atoms with van der Waals surface area (Å²) in [6.45, 7) is 8.33. The predicted molar refractivity (Wildman–Crippen MR) is 101 cm³/mol. The van der Waals surface area contributed by atoms with Crippen LogP contribution >= 0.6 is 30.3 Å². The molecule has 0 amide bonds. The van der Waals surface area contributed by atoms with Crippen molar-refractivity contribution in [2.24, 2.45) is 0 Å². The quantitative estimate of drug-likeness (QED) is 0.308. The van der Waals surface area contributed by atoms with Crippen molar-refractivity contribution >= 4 is 52.8 Å². The molecule has 0 atom stereocenters. The van der Waals surface area contributed by atoms with E-state index in [9.17, 15) is 0 Å². The molecule has 0 saturated heterocycles. The van der Waals surface area contributed by atoms with Gasteiger partial charge in [-0.25, -0.2) is 0 Å². The minimum atomic E-state index is 0.715. The lowest BCUT2D eigenvalue weighted by atomic mass is 9.93. The van der Waals surface area contributed by atoms with E-state index >= 15 is 0 Å². The lowest BCUT2D eigenvalue weighted by Gasteiger charge is -2.15.